The molecule has 0 fully saturated rings. The van der Waals surface area contributed by atoms with Crippen LogP contribution >= 0.6 is 11.3 Å². The van der Waals surface area contributed by atoms with E-state index in [2.05, 4.69) is 10.6 Å². The molecule has 0 aliphatic carbocycles. The molecule has 0 atom stereocenters. The molecule has 9 heteroatoms. The number of carbonyl (C=O) groups is 2. The van der Waals surface area contributed by atoms with Gasteiger partial charge in [-0.3, -0.25) is 9.59 Å². The van der Waals surface area contributed by atoms with E-state index < -0.39 is 15.7 Å². The van der Waals surface area contributed by atoms with Crippen LogP contribution in [0.1, 0.15) is 32.7 Å². The fraction of sp³-hybridized carbons (Fsp3) is 0.158. The molecule has 2 heterocycles. The van der Waals surface area contributed by atoms with Crippen molar-refractivity contribution in [2.24, 2.45) is 0 Å². The van der Waals surface area contributed by atoms with Crippen LogP contribution in [0.15, 0.2) is 58.0 Å². The first-order chi connectivity index (χ1) is 13.3. The lowest BCUT2D eigenvalue weighted by molar-refractivity contribution is 0.0995. The van der Waals surface area contributed by atoms with E-state index in [1.807, 2.05) is 0 Å². The molecule has 0 saturated heterocycles. The number of rotatable bonds is 6. The van der Waals surface area contributed by atoms with Crippen LogP contribution < -0.4 is 10.6 Å². The van der Waals surface area contributed by atoms with E-state index in [4.69, 9.17) is 4.42 Å². The Kier molecular flexibility index (Phi) is 5.66. The summed E-state index contributed by atoms with van der Waals surface area (Å²) in [5.74, 6) is -0.545. The first-order valence-electron chi connectivity index (χ1n) is 8.39. The highest BCUT2D eigenvalue weighted by atomic mass is 32.2. The van der Waals surface area contributed by atoms with E-state index in [0.717, 1.165) is 11.3 Å². The summed E-state index contributed by atoms with van der Waals surface area (Å²) in [4.78, 5) is 25.3. The van der Waals surface area contributed by atoms with Crippen molar-refractivity contribution in [2.45, 2.75) is 18.7 Å². The minimum atomic E-state index is -3.29. The normalized spacial score (nSPS) is 11.2. The van der Waals surface area contributed by atoms with Crippen molar-refractivity contribution >= 4 is 43.7 Å². The van der Waals surface area contributed by atoms with Gasteiger partial charge in [-0.1, -0.05) is 6.92 Å². The van der Waals surface area contributed by atoms with Gasteiger partial charge in [-0.15, -0.1) is 11.3 Å². The van der Waals surface area contributed by atoms with Crippen LogP contribution in [0.3, 0.4) is 0 Å². The van der Waals surface area contributed by atoms with Crippen molar-refractivity contribution in [1.82, 2.24) is 0 Å². The Hall–Kier alpha value is -2.91. The lowest BCUT2D eigenvalue weighted by atomic mass is 10.2. The Morgan fingerprint density at radius 3 is 2.39 bits per heavy atom. The first-order valence-corrected chi connectivity index (χ1v) is 10.9. The number of sulfone groups is 1. The van der Waals surface area contributed by atoms with Crippen LogP contribution in [0, 0.1) is 6.92 Å². The van der Waals surface area contributed by atoms with Gasteiger partial charge in [0.05, 0.1) is 26.8 Å². The van der Waals surface area contributed by atoms with E-state index in [9.17, 15) is 18.0 Å². The van der Waals surface area contributed by atoms with Crippen molar-refractivity contribution < 1.29 is 22.4 Å². The van der Waals surface area contributed by atoms with E-state index in [0.29, 0.717) is 21.1 Å². The molecule has 2 aromatic heterocycles. The molecule has 3 rings (SSSR count). The molecular weight excluding hydrogens is 400 g/mol. The van der Waals surface area contributed by atoms with Gasteiger partial charge in [0, 0.05) is 5.69 Å². The maximum atomic E-state index is 12.6. The van der Waals surface area contributed by atoms with Gasteiger partial charge in [-0.2, -0.15) is 0 Å². The molecule has 2 N–H and O–H groups in total. The van der Waals surface area contributed by atoms with Crippen molar-refractivity contribution in [3.8, 4) is 0 Å². The molecule has 0 radical (unpaired) electrons. The van der Waals surface area contributed by atoms with Crippen LogP contribution in [-0.2, 0) is 9.84 Å². The number of amides is 2. The largest absolute Gasteiger partial charge is 0.459 e. The number of hydrogen-bond acceptors (Lipinski definition) is 6. The number of furan rings is 1. The van der Waals surface area contributed by atoms with Crippen molar-refractivity contribution in [1.29, 1.82) is 0 Å². The van der Waals surface area contributed by atoms with E-state index in [1.54, 1.807) is 44.2 Å². The van der Waals surface area contributed by atoms with E-state index in [1.165, 1.54) is 18.4 Å². The number of hydrogen-bond donors (Lipinski definition) is 2. The van der Waals surface area contributed by atoms with E-state index >= 15 is 0 Å². The number of benzene rings is 1. The number of aryl methyl sites for hydroxylation is 1. The number of nitrogens with one attached hydrogen (secondary N) is 2. The Morgan fingerprint density at radius 2 is 1.79 bits per heavy atom. The van der Waals surface area contributed by atoms with Gasteiger partial charge in [-0.25, -0.2) is 8.42 Å². The number of anilines is 2. The average molecular weight is 418 g/mol. The van der Waals surface area contributed by atoms with Crippen LogP contribution in [0.2, 0.25) is 0 Å². The van der Waals surface area contributed by atoms with Gasteiger partial charge in [0.25, 0.3) is 11.8 Å². The Balaban J connectivity index is 1.71. The molecule has 2 amide bonds. The molecule has 7 nitrogen and oxygen atoms in total. The molecule has 1 aromatic carbocycles. The SMILES string of the molecule is CCS(=O)(=O)c1ccc(NC(=O)c2sc(NC(=O)c3ccco3)cc2C)cc1. The van der Waals surface area contributed by atoms with Gasteiger partial charge in [0.15, 0.2) is 15.6 Å². The molecular formula is C19H18N2O5S2. The highest BCUT2D eigenvalue weighted by molar-refractivity contribution is 7.91. The molecule has 28 heavy (non-hydrogen) atoms. The van der Waals surface area contributed by atoms with Crippen molar-refractivity contribution in [2.75, 3.05) is 16.4 Å². The Bertz CT molecular complexity index is 1100. The summed E-state index contributed by atoms with van der Waals surface area (Å²) in [6, 6.07) is 10.9. The Labute approximate surface area is 166 Å². The zero-order chi connectivity index (χ0) is 20.3. The molecule has 146 valence electrons. The zero-order valence-electron chi connectivity index (χ0n) is 15.2. The summed E-state index contributed by atoms with van der Waals surface area (Å²) in [5, 5.41) is 5.95. The van der Waals surface area contributed by atoms with Gasteiger partial charge >= 0.3 is 0 Å². The second-order valence-electron chi connectivity index (χ2n) is 5.94. The predicted octanol–water partition coefficient (Wildman–Crippen LogP) is 3.95. The monoisotopic (exact) mass is 418 g/mol. The molecule has 0 aliphatic rings. The summed E-state index contributed by atoms with van der Waals surface area (Å²) in [5.41, 5.74) is 1.19. The minimum absolute atomic E-state index is 0.0135. The number of carbonyl (C=O) groups excluding carboxylic acids is 2. The van der Waals surface area contributed by atoms with Crippen LogP contribution in [0.5, 0.6) is 0 Å². The zero-order valence-corrected chi connectivity index (χ0v) is 16.8. The van der Waals surface area contributed by atoms with Crippen LogP contribution in [0.25, 0.3) is 0 Å². The summed E-state index contributed by atoms with van der Waals surface area (Å²) in [6.45, 7) is 3.34. The van der Waals surface area contributed by atoms with Crippen molar-refractivity contribution in [3.05, 3.63) is 64.9 Å². The highest BCUT2D eigenvalue weighted by Crippen LogP contribution is 2.28. The summed E-state index contributed by atoms with van der Waals surface area (Å²) < 4.78 is 28.7. The fourth-order valence-electron chi connectivity index (χ4n) is 2.45. The molecule has 0 bridgehead atoms. The summed E-state index contributed by atoms with van der Waals surface area (Å²) in [6.07, 6.45) is 1.41. The third-order valence-corrected chi connectivity index (χ3v) is 6.86. The second-order valence-corrected chi connectivity index (χ2v) is 9.27. The predicted molar refractivity (Wildman–Crippen MR) is 108 cm³/mol. The van der Waals surface area contributed by atoms with Crippen molar-refractivity contribution in [3.63, 3.8) is 0 Å². The molecule has 0 spiro atoms. The molecule has 0 unspecified atom stereocenters. The van der Waals surface area contributed by atoms with Gasteiger partial charge in [0.2, 0.25) is 0 Å². The maximum absolute atomic E-state index is 12.6. The lowest BCUT2D eigenvalue weighted by Gasteiger charge is -2.06. The third kappa shape index (κ3) is 4.32. The second kappa shape index (κ2) is 7.99. The molecule has 0 saturated carbocycles. The lowest BCUT2D eigenvalue weighted by Crippen LogP contribution is -2.11. The minimum Gasteiger partial charge on any atom is -0.459 e. The van der Waals surface area contributed by atoms with Gasteiger partial charge in [0.1, 0.15) is 0 Å². The smallest absolute Gasteiger partial charge is 0.291 e. The summed E-state index contributed by atoms with van der Waals surface area (Å²) in [7, 11) is -3.29. The number of thiophene rings is 1. The topological polar surface area (TPSA) is 105 Å². The fourth-order valence-corrected chi connectivity index (χ4v) is 4.30. The first kappa shape index (κ1) is 19.8. The summed E-state index contributed by atoms with van der Waals surface area (Å²) >= 11 is 1.14. The van der Waals surface area contributed by atoms with Gasteiger partial charge in [-0.05, 0) is 55.0 Å². The van der Waals surface area contributed by atoms with Crippen LogP contribution in [-0.4, -0.2) is 26.0 Å². The standard InChI is InChI=1S/C19H18N2O5S2/c1-3-28(24,25)14-8-6-13(7-9-14)20-19(23)17-12(2)11-16(27-17)21-18(22)15-5-4-10-26-15/h4-11H,3H2,1-2H3,(H,20,23)(H,21,22). The molecule has 0 aliphatic heterocycles. The van der Waals surface area contributed by atoms with Crippen LogP contribution in [0.4, 0.5) is 10.7 Å². The highest BCUT2D eigenvalue weighted by Gasteiger charge is 2.17. The van der Waals surface area contributed by atoms with Gasteiger partial charge < -0.3 is 15.1 Å². The van der Waals surface area contributed by atoms with E-state index in [-0.39, 0.29) is 22.3 Å². The maximum Gasteiger partial charge on any atom is 0.291 e. The average Bonchev–Trinajstić information content (AvgIpc) is 3.32. The Morgan fingerprint density at radius 1 is 1.07 bits per heavy atom. The third-order valence-electron chi connectivity index (χ3n) is 3.96. The molecule has 3 aromatic rings. The quantitative estimate of drug-likeness (QED) is 0.631.